The number of hydrogen-bond donors (Lipinski definition) is 1. The SMILES string of the molecule is C=CC1=CCC2(Cl)C(=O)N(C)C(=O)C2(Cl)C1c1cc(OC)ccc1O. The van der Waals surface area contributed by atoms with Gasteiger partial charge in [-0.25, -0.2) is 0 Å². The number of allylic oxidation sites excluding steroid dienone is 3. The summed E-state index contributed by atoms with van der Waals surface area (Å²) < 4.78 is 5.21. The number of phenolic OH excluding ortho intramolecular Hbond substituents is 1. The minimum absolute atomic E-state index is 0.0747. The smallest absolute Gasteiger partial charge is 0.253 e. The molecule has 0 bridgehead atoms. The third-order valence-corrected chi connectivity index (χ3v) is 6.38. The fourth-order valence-electron chi connectivity index (χ4n) is 3.61. The summed E-state index contributed by atoms with van der Waals surface area (Å²) in [7, 11) is 2.84. The molecule has 25 heavy (non-hydrogen) atoms. The van der Waals surface area contributed by atoms with Crippen LogP contribution in [0, 0.1) is 0 Å². The number of amides is 2. The molecule has 5 nitrogen and oxygen atoms in total. The van der Waals surface area contributed by atoms with Gasteiger partial charge in [0.1, 0.15) is 11.5 Å². The molecule has 2 aliphatic rings. The van der Waals surface area contributed by atoms with E-state index in [1.165, 1.54) is 20.2 Å². The molecule has 1 N–H and O–H groups in total. The van der Waals surface area contributed by atoms with E-state index in [9.17, 15) is 14.7 Å². The normalized spacial score (nSPS) is 31.6. The number of carbonyl (C=O) groups is 2. The van der Waals surface area contributed by atoms with Crippen molar-refractivity contribution in [2.75, 3.05) is 14.2 Å². The summed E-state index contributed by atoms with van der Waals surface area (Å²) in [6.45, 7) is 3.77. The molecule has 3 rings (SSSR count). The van der Waals surface area contributed by atoms with Crippen LogP contribution < -0.4 is 4.74 Å². The van der Waals surface area contributed by atoms with Gasteiger partial charge in [0.05, 0.1) is 7.11 Å². The van der Waals surface area contributed by atoms with E-state index in [1.807, 2.05) is 0 Å². The molecule has 0 saturated carbocycles. The number of benzene rings is 1. The maximum atomic E-state index is 12.9. The van der Waals surface area contributed by atoms with Gasteiger partial charge in [0.15, 0.2) is 9.75 Å². The summed E-state index contributed by atoms with van der Waals surface area (Å²) in [5.74, 6) is -1.61. The van der Waals surface area contributed by atoms with Crippen LogP contribution in [0.2, 0.25) is 0 Å². The third-order valence-electron chi connectivity index (χ3n) is 4.97. The second kappa shape index (κ2) is 5.78. The van der Waals surface area contributed by atoms with Crippen molar-refractivity contribution in [3.05, 3.63) is 48.1 Å². The molecular weight excluding hydrogens is 365 g/mol. The molecule has 1 aliphatic heterocycles. The number of rotatable bonds is 3. The van der Waals surface area contributed by atoms with Gasteiger partial charge in [0, 0.05) is 18.5 Å². The predicted molar refractivity (Wildman–Crippen MR) is 95.2 cm³/mol. The number of hydrogen-bond acceptors (Lipinski definition) is 4. The Balaban J connectivity index is 2.31. The molecule has 0 radical (unpaired) electrons. The van der Waals surface area contributed by atoms with Crippen molar-refractivity contribution in [2.45, 2.75) is 22.1 Å². The predicted octanol–water partition coefficient (Wildman–Crippen LogP) is 2.95. The molecule has 1 fully saturated rings. The monoisotopic (exact) mass is 381 g/mol. The molecule has 1 aromatic rings. The Hall–Kier alpha value is -1.98. The van der Waals surface area contributed by atoms with E-state index in [-0.39, 0.29) is 12.2 Å². The van der Waals surface area contributed by atoms with E-state index >= 15 is 0 Å². The number of alkyl halides is 2. The van der Waals surface area contributed by atoms with Crippen molar-refractivity contribution < 1.29 is 19.4 Å². The molecule has 3 atom stereocenters. The van der Waals surface area contributed by atoms with Gasteiger partial charge in [-0.1, -0.05) is 18.7 Å². The molecule has 132 valence electrons. The molecule has 0 aromatic heterocycles. The maximum absolute atomic E-state index is 12.9. The number of methoxy groups -OCH3 is 1. The van der Waals surface area contributed by atoms with Crippen LogP contribution in [0.4, 0.5) is 0 Å². The minimum atomic E-state index is -1.78. The number of likely N-dealkylation sites (tertiary alicyclic amines) is 1. The minimum Gasteiger partial charge on any atom is -0.508 e. The maximum Gasteiger partial charge on any atom is 0.253 e. The lowest BCUT2D eigenvalue weighted by atomic mass is 9.68. The molecule has 3 unspecified atom stereocenters. The van der Waals surface area contributed by atoms with Gasteiger partial charge in [0.25, 0.3) is 11.8 Å². The molecule has 1 saturated heterocycles. The van der Waals surface area contributed by atoms with Gasteiger partial charge in [-0.2, -0.15) is 0 Å². The summed E-state index contributed by atoms with van der Waals surface area (Å²) in [5.41, 5.74) is 0.966. The Bertz CT molecular complexity index is 821. The summed E-state index contributed by atoms with van der Waals surface area (Å²) >= 11 is 13.4. The number of halogens is 2. The average Bonchev–Trinajstić information content (AvgIpc) is 2.74. The van der Waals surface area contributed by atoms with E-state index in [1.54, 1.807) is 24.3 Å². The first-order chi connectivity index (χ1) is 11.7. The van der Waals surface area contributed by atoms with E-state index in [0.717, 1.165) is 4.90 Å². The van der Waals surface area contributed by atoms with E-state index in [2.05, 4.69) is 6.58 Å². The van der Waals surface area contributed by atoms with Crippen molar-refractivity contribution in [3.63, 3.8) is 0 Å². The largest absolute Gasteiger partial charge is 0.508 e. The van der Waals surface area contributed by atoms with Crippen LogP contribution in [0.3, 0.4) is 0 Å². The zero-order chi connectivity index (χ0) is 18.6. The van der Waals surface area contributed by atoms with Crippen LogP contribution in [0.25, 0.3) is 0 Å². The first-order valence-corrected chi connectivity index (χ1v) is 8.37. The van der Waals surface area contributed by atoms with E-state index in [4.69, 9.17) is 27.9 Å². The third kappa shape index (κ3) is 2.15. The number of carbonyl (C=O) groups excluding carboxylic acids is 2. The molecular formula is C18H17Cl2NO4. The molecule has 2 amide bonds. The van der Waals surface area contributed by atoms with Crippen LogP contribution in [0.15, 0.2) is 42.5 Å². The van der Waals surface area contributed by atoms with Crippen molar-refractivity contribution >= 4 is 35.0 Å². The van der Waals surface area contributed by atoms with Gasteiger partial charge >= 0.3 is 0 Å². The van der Waals surface area contributed by atoms with Gasteiger partial charge in [0.2, 0.25) is 0 Å². The summed E-state index contributed by atoms with van der Waals surface area (Å²) in [6.07, 6.45) is 3.38. The van der Waals surface area contributed by atoms with Gasteiger partial charge in [-0.3, -0.25) is 14.5 Å². The molecule has 1 heterocycles. The zero-order valence-corrected chi connectivity index (χ0v) is 15.3. The van der Waals surface area contributed by atoms with Crippen molar-refractivity contribution in [2.24, 2.45) is 0 Å². The standard InChI is InChI=1S/C18H17Cl2NO4/c1-4-10-7-8-17(19)15(23)21(2)16(24)18(17,20)14(10)12-9-11(25-3)5-6-13(12)22/h4-7,9,14,22H,1,8H2,2-3H3. The van der Waals surface area contributed by atoms with Crippen molar-refractivity contribution in [1.82, 2.24) is 4.90 Å². The van der Waals surface area contributed by atoms with Gasteiger partial charge in [-0.15, -0.1) is 23.2 Å². The second-order valence-corrected chi connectivity index (χ2v) is 7.39. The Kier molecular flexibility index (Phi) is 4.12. The number of nitrogens with zero attached hydrogens (tertiary/aromatic N) is 1. The van der Waals surface area contributed by atoms with Gasteiger partial charge in [-0.05, 0) is 30.2 Å². The van der Waals surface area contributed by atoms with Crippen molar-refractivity contribution in [1.29, 1.82) is 0 Å². The first kappa shape index (κ1) is 17.8. The molecule has 7 heteroatoms. The Labute approximate surface area is 155 Å². The quantitative estimate of drug-likeness (QED) is 0.645. The van der Waals surface area contributed by atoms with Crippen LogP contribution in [-0.4, -0.2) is 45.7 Å². The first-order valence-electron chi connectivity index (χ1n) is 7.62. The zero-order valence-electron chi connectivity index (χ0n) is 13.8. The molecule has 1 aliphatic carbocycles. The summed E-state index contributed by atoms with van der Waals surface area (Å²) in [6, 6.07) is 4.62. The lowest BCUT2D eigenvalue weighted by molar-refractivity contribution is -0.137. The number of aromatic hydroxyl groups is 1. The summed E-state index contributed by atoms with van der Waals surface area (Å²) in [4.78, 5) is 23.0. The van der Waals surface area contributed by atoms with Crippen LogP contribution in [-0.2, 0) is 9.59 Å². The number of ether oxygens (including phenoxy) is 1. The van der Waals surface area contributed by atoms with E-state index in [0.29, 0.717) is 16.9 Å². The fourth-order valence-corrected chi connectivity index (χ4v) is 4.53. The van der Waals surface area contributed by atoms with Crippen LogP contribution >= 0.6 is 23.2 Å². The highest BCUT2D eigenvalue weighted by Gasteiger charge is 2.72. The average molecular weight is 382 g/mol. The number of fused-ring (bicyclic) bond motifs is 1. The van der Waals surface area contributed by atoms with E-state index < -0.39 is 27.5 Å². The lowest BCUT2D eigenvalue weighted by Crippen LogP contribution is -2.54. The highest BCUT2D eigenvalue weighted by Crippen LogP contribution is 2.59. The van der Waals surface area contributed by atoms with Crippen molar-refractivity contribution in [3.8, 4) is 11.5 Å². The van der Waals surface area contributed by atoms with Crippen LogP contribution in [0.1, 0.15) is 17.9 Å². The highest BCUT2D eigenvalue weighted by molar-refractivity contribution is 6.53. The number of phenols is 1. The number of imide groups is 1. The second-order valence-electron chi connectivity index (χ2n) is 6.15. The Morgan fingerprint density at radius 1 is 1.36 bits per heavy atom. The Morgan fingerprint density at radius 2 is 2.04 bits per heavy atom. The molecule has 0 spiro atoms. The summed E-state index contributed by atoms with van der Waals surface area (Å²) in [5, 5.41) is 10.4. The fraction of sp³-hybridized carbons (Fsp3) is 0.333. The lowest BCUT2D eigenvalue weighted by Gasteiger charge is -2.42. The van der Waals surface area contributed by atoms with Crippen LogP contribution in [0.5, 0.6) is 11.5 Å². The Morgan fingerprint density at radius 3 is 2.64 bits per heavy atom. The van der Waals surface area contributed by atoms with Gasteiger partial charge < -0.3 is 9.84 Å². The topological polar surface area (TPSA) is 66.8 Å². The highest BCUT2D eigenvalue weighted by atomic mass is 35.5. The molecule has 1 aromatic carbocycles.